The third-order valence-electron chi connectivity index (χ3n) is 5.24. The van der Waals surface area contributed by atoms with Crippen LogP contribution >= 0.6 is 11.3 Å². The van der Waals surface area contributed by atoms with Crippen molar-refractivity contribution in [2.24, 2.45) is 0 Å². The monoisotopic (exact) mass is 373 g/mol. The van der Waals surface area contributed by atoms with E-state index in [9.17, 15) is 9.59 Å². The van der Waals surface area contributed by atoms with Crippen LogP contribution < -0.4 is 0 Å². The lowest BCUT2D eigenvalue weighted by Gasteiger charge is -2.23. The van der Waals surface area contributed by atoms with Gasteiger partial charge < -0.3 is 14.3 Å². The molecule has 4 rings (SSSR count). The van der Waals surface area contributed by atoms with Gasteiger partial charge in [0.05, 0.1) is 16.6 Å². The summed E-state index contributed by atoms with van der Waals surface area (Å²) >= 11 is 1.48. The lowest BCUT2D eigenvalue weighted by atomic mass is 9.96. The zero-order chi connectivity index (χ0) is 18.3. The van der Waals surface area contributed by atoms with Crippen molar-refractivity contribution in [3.8, 4) is 0 Å². The van der Waals surface area contributed by atoms with Gasteiger partial charge in [-0.25, -0.2) is 0 Å². The number of hydrogen-bond acceptors (Lipinski definition) is 5. The Kier molecular flexibility index (Phi) is 4.56. The fourth-order valence-electron chi connectivity index (χ4n) is 3.86. The van der Waals surface area contributed by atoms with Gasteiger partial charge in [0.25, 0.3) is 11.8 Å². The maximum Gasteiger partial charge on any atom is 0.293 e. The number of amides is 2. The lowest BCUT2D eigenvalue weighted by Crippen LogP contribution is -2.30. The van der Waals surface area contributed by atoms with Gasteiger partial charge in [0, 0.05) is 31.1 Å². The normalized spacial score (nSPS) is 19.5. The molecule has 1 aliphatic carbocycles. The first-order chi connectivity index (χ1) is 12.6. The third-order valence-corrected chi connectivity index (χ3v) is 6.41. The summed E-state index contributed by atoms with van der Waals surface area (Å²) in [5.41, 5.74) is 1.95. The van der Waals surface area contributed by atoms with Crippen LogP contribution in [0.5, 0.6) is 0 Å². The molecule has 2 aromatic heterocycles. The first-order valence-corrected chi connectivity index (χ1v) is 9.97. The highest BCUT2D eigenvalue weighted by molar-refractivity contribution is 7.14. The molecule has 0 spiro atoms. The molecular weight excluding hydrogens is 350 g/mol. The quantitative estimate of drug-likeness (QED) is 0.828. The molecule has 2 aliphatic rings. The number of thiophene rings is 1. The van der Waals surface area contributed by atoms with Crippen LogP contribution in [0.25, 0.3) is 0 Å². The maximum absolute atomic E-state index is 13.1. The Morgan fingerprint density at radius 3 is 2.85 bits per heavy atom. The zero-order valence-electron chi connectivity index (χ0n) is 15.2. The molecule has 0 unspecified atom stereocenters. The van der Waals surface area contributed by atoms with Crippen LogP contribution in [0.4, 0.5) is 0 Å². The number of aryl methyl sites for hydroxylation is 1. The van der Waals surface area contributed by atoms with Gasteiger partial charge in [0.15, 0.2) is 0 Å². The van der Waals surface area contributed by atoms with Gasteiger partial charge in [-0.1, -0.05) is 5.16 Å². The molecule has 1 fully saturated rings. The molecule has 26 heavy (non-hydrogen) atoms. The number of hydrogen-bond donors (Lipinski definition) is 0. The fourth-order valence-corrected chi connectivity index (χ4v) is 5.04. The molecule has 0 aromatic carbocycles. The summed E-state index contributed by atoms with van der Waals surface area (Å²) < 4.78 is 5.45. The summed E-state index contributed by atoms with van der Waals surface area (Å²) in [5.74, 6) is 0.367. The molecule has 0 radical (unpaired) electrons. The zero-order valence-corrected chi connectivity index (χ0v) is 16.0. The first kappa shape index (κ1) is 17.3. The highest BCUT2D eigenvalue weighted by Crippen LogP contribution is 2.38. The van der Waals surface area contributed by atoms with Gasteiger partial charge in [-0.2, -0.15) is 0 Å². The minimum absolute atomic E-state index is 0.00132. The van der Waals surface area contributed by atoms with E-state index in [0.717, 1.165) is 54.7 Å². The van der Waals surface area contributed by atoms with Crippen LogP contribution in [0.1, 0.15) is 68.1 Å². The summed E-state index contributed by atoms with van der Waals surface area (Å²) in [5, 5.41) is 4.12. The first-order valence-electron chi connectivity index (χ1n) is 9.16. The van der Waals surface area contributed by atoms with Gasteiger partial charge in [-0.05, 0) is 50.7 Å². The molecule has 0 N–H and O–H groups in total. The minimum Gasteiger partial charge on any atom is -0.350 e. The van der Waals surface area contributed by atoms with Crippen LogP contribution in [0.2, 0.25) is 0 Å². The standard InChI is InChI=1S/C19H23N3O3S/c1-21(2)18(23)16-10-9-15(26-16)14-8-5-11-22(14)19(24)17-12-6-3-4-7-13(12)20-25-17/h9-10,14H,3-8,11H2,1-2H3/t14-/m1/s1. The van der Waals surface area contributed by atoms with E-state index in [1.807, 2.05) is 17.0 Å². The number of likely N-dealkylation sites (tertiary alicyclic amines) is 1. The molecule has 1 aliphatic heterocycles. The summed E-state index contributed by atoms with van der Waals surface area (Å²) in [6.07, 6.45) is 5.84. The predicted octanol–water partition coefficient (Wildman–Crippen LogP) is 3.29. The van der Waals surface area contributed by atoms with Crippen molar-refractivity contribution in [3.63, 3.8) is 0 Å². The van der Waals surface area contributed by atoms with E-state index in [-0.39, 0.29) is 17.9 Å². The third kappa shape index (κ3) is 2.94. The van der Waals surface area contributed by atoms with Crippen LogP contribution in [0, 0.1) is 0 Å². The molecule has 1 saturated heterocycles. The molecule has 138 valence electrons. The highest BCUT2D eigenvalue weighted by atomic mass is 32.1. The van der Waals surface area contributed by atoms with Crippen molar-refractivity contribution in [3.05, 3.63) is 38.9 Å². The van der Waals surface area contributed by atoms with Crippen LogP contribution in [-0.4, -0.2) is 47.4 Å². The molecule has 0 bridgehead atoms. The molecule has 7 heteroatoms. The summed E-state index contributed by atoms with van der Waals surface area (Å²) in [6, 6.07) is 3.85. The van der Waals surface area contributed by atoms with Gasteiger partial charge >= 0.3 is 0 Å². The average molecular weight is 373 g/mol. The number of aromatic nitrogens is 1. The fraction of sp³-hybridized carbons (Fsp3) is 0.526. The maximum atomic E-state index is 13.1. The largest absolute Gasteiger partial charge is 0.350 e. The van der Waals surface area contributed by atoms with Gasteiger partial charge in [0.2, 0.25) is 5.76 Å². The van der Waals surface area contributed by atoms with Crippen molar-refractivity contribution >= 4 is 23.2 Å². The minimum atomic E-state index is -0.0583. The number of fused-ring (bicyclic) bond motifs is 1. The van der Waals surface area contributed by atoms with Gasteiger partial charge in [-0.15, -0.1) is 11.3 Å². The molecule has 2 aromatic rings. The van der Waals surface area contributed by atoms with Crippen molar-refractivity contribution in [1.29, 1.82) is 0 Å². The number of carbonyl (C=O) groups excluding carboxylic acids is 2. The van der Waals surface area contributed by atoms with Gasteiger partial charge in [0.1, 0.15) is 0 Å². The van der Waals surface area contributed by atoms with Crippen molar-refractivity contribution in [1.82, 2.24) is 15.0 Å². The van der Waals surface area contributed by atoms with E-state index in [1.54, 1.807) is 19.0 Å². The second kappa shape index (κ2) is 6.87. The summed E-state index contributed by atoms with van der Waals surface area (Å²) in [7, 11) is 3.50. The highest BCUT2D eigenvalue weighted by Gasteiger charge is 2.36. The second-order valence-electron chi connectivity index (χ2n) is 7.20. The predicted molar refractivity (Wildman–Crippen MR) is 98.5 cm³/mol. The summed E-state index contributed by atoms with van der Waals surface area (Å²) in [6.45, 7) is 0.716. The van der Waals surface area contributed by atoms with E-state index in [2.05, 4.69) is 5.16 Å². The molecular formula is C19H23N3O3S. The molecule has 0 saturated carbocycles. The Bertz CT molecular complexity index is 839. The summed E-state index contributed by atoms with van der Waals surface area (Å²) in [4.78, 5) is 30.5. The number of rotatable bonds is 3. The molecule has 1 atom stereocenters. The number of carbonyl (C=O) groups is 2. The van der Waals surface area contributed by atoms with Crippen molar-refractivity contribution < 1.29 is 14.1 Å². The second-order valence-corrected chi connectivity index (χ2v) is 8.32. The van der Waals surface area contributed by atoms with Crippen molar-refractivity contribution in [2.75, 3.05) is 20.6 Å². The number of nitrogens with zero attached hydrogens (tertiary/aromatic N) is 3. The molecule has 6 nitrogen and oxygen atoms in total. The molecule has 2 amide bonds. The van der Waals surface area contributed by atoms with Gasteiger partial charge in [-0.3, -0.25) is 9.59 Å². The van der Waals surface area contributed by atoms with E-state index in [4.69, 9.17) is 4.52 Å². The SMILES string of the molecule is CN(C)C(=O)c1ccc([C@H]2CCCN2C(=O)c2onc3c2CCCC3)s1. The van der Waals surface area contributed by atoms with E-state index >= 15 is 0 Å². The van der Waals surface area contributed by atoms with Crippen LogP contribution in [-0.2, 0) is 12.8 Å². The lowest BCUT2D eigenvalue weighted by molar-refractivity contribution is 0.0693. The van der Waals surface area contributed by atoms with Crippen LogP contribution in [0.3, 0.4) is 0 Å². The van der Waals surface area contributed by atoms with Crippen LogP contribution in [0.15, 0.2) is 16.7 Å². The Morgan fingerprint density at radius 1 is 1.23 bits per heavy atom. The molecule has 3 heterocycles. The Balaban J connectivity index is 1.58. The van der Waals surface area contributed by atoms with E-state index in [1.165, 1.54) is 11.3 Å². The van der Waals surface area contributed by atoms with E-state index in [0.29, 0.717) is 17.2 Å². The van der Waals surface area contributed by atoms with E-state index < -0.39 is 0 Å². The van der Waals surface area contributed by atoms with Crippen molar-refractivity contribution in [2.45, 2.75) is 44.6 Å². The average Bonchev–Trinajstić information content (AvgIpc) is 3.38. The topological polar surface area (TPSA) is 66.7 Å². The Morgan fingerprint density at radius 2 is 2.04 bits per heavy atom. The Hall–Kier alpha value is -2.15. The Labute approximate surface area is 156 Å². The smallest absolute Gasteiger partial charge is 0.293 e.